The summed E-state index contributed by atoms with van der Waals surface area (Å²) in [6, 6.07) is 2.28. The average Bonchev–Trinajstić information content (AvgIpc) is 2.69. The summed E-state index contributed by atoms with van der Waals surface area (Å²) >= 11 is 0. The zero-order valence-corrected chi connectivity index (χ0v) is 9.79. The van der Waals surface area contributed by atoms with Gasteiger partial charge in [0.1, 0.15) is 0 Å². The second-order valence-electron chi connectivity index (χ2n) is 4.16. The smallest absolute Gasteiger partial charge is 0.0591 e. The van der Waals surface area contributed by atoms with E-state index >= 15 is 0 Å². The minimum atomic E-state index is 0.301. The highest BCUT2D eigenvalue weighted by Crippen LogP contribution is 2.06. The van der Waals surface area contributed by atoms with Gasteiger partial charge in [-0.2, -0.15) is 5.10 Å². The van der Waals surface area contributed by atoms with Gasteiger partial charge in [0.25, 0.3) is 0 Å². The number of hydrogen-bond acceptors (Lipinski definition) is 3. The van der Waals surface area contributed by atoms with E-state index in [0.29, 0.717) is 12.0 Å². The molecular weight excluding hydrogens is 190 g/mol. The van der Waals surface area contributed by atoms with Crippen LogP contribution in [-0.4, -0.2) is 30.0 Å². The van der Waals surface area contributed by atoms with E-state index in [4.69, 9.17) is 4.74 Å². The number of hydrogen-bond donors (Lipinski definition) is 2. The van der Waals surface area contributed by atoms with Gasteiger partial charge in [0.2, 0.25) is 0 Å². The molecule has 2 N–H and O–H groups in total. The Kier molecular flexibility index (Phi) is 5.36. The van der Waals surface area contributed by atoms with Crippen molar-refractivity contribution in [2.24, 2.45) is 5.92 Å². The van der Waals surface area contributed by atoms with Crippen LogP contribution in [0.3, 0.4) is 0 Å². The lowest BCUT2D eigenvalue weighted by Gasteiger charge is -2.12. The fourth-order valence-electron chi connectivity index (χ4n) is 1.28. The van der Waals surface area contributed by atoms with Crippen LogP contribution in [0.25, 0.3) is 0 Å². The average molecular weight is 211 g/mol. The Labute approximate surface area is 91.4 Å². The molecule has 0 aliphatic carbocycles. The second kappa shape index (κ2) is 6.58. The molecule has 0 saturated carbocycles. The predicted octanol–water partition coefficient (Wildman–Crippen LogP) is 1.73. The van der Waals surface area contributed by atoms with Gasteiger partial charge in [-0.05, 0) is 18.9 Å². The Morgan fingerprint density at radius 2 is 2.27 bits per heavy atom. The fourth-order valence-corrected chi connectivity index (χ4v) is 1.28. The van der Waals surface area contributed by atoms with Crippen molar-refractivity contribution in [3.63, 3.8) is 0 Å². The Bertz CT molecular complexity index is 246. The van der Waals surface area contributed by atoms with Crippen molar-refractivity contribution in [1.29, 1.82) is 0 Å². The van der Waals surface area contributed by atoms with Crippen LogP contribution in [0.5, 0.6) is 0 Å². The molecule has 1 aromatic rings. The Morgan fingerprint density at radius 1 is 1.47 bits per heavy atom. The van der Waals surface area contributed by atoms with Gasteiger partial charge in [-0.15, -0.1) is 0 Å². The first-order valence-corrected chi connectivity index (χ1v) is 5.50. The van der Waals surface area contributed by atoms with Gasteiger partial charge in [-0.25, -0.2) is 0 Å². The van der Waals surface area contributed by atoms with Gasteiger partial charge < -0.3 is 10.1 Å². The lowest BCUT2D eigenvalue weighted by Crippen LogP contribution is -2.24. The van der Waals surface area contributed by atoms with Crippen LogP contribution in [0.4, 0.5) is 0 Å². The summed E-state index contributed by atoms with van der Waals surface area (Å²) in [4.78, 5) is 0. The quantitative estimate of drug-likeness (QED) is 0.675. The summed E-state index contributed by atoms with van der Waals surface area (Å²) in [5, 5.41) is 10.2. The summed E-state index contributed by atoms with van der Waals surface area (Å²) in [6.07, 6.45) is 1.77. The third-order valence-corrected chi connectivity index (χ3v) is 2.14. The van der Waals surface area contributed by atoms with Gasteiger partial charge in [0.05, 0.1) is 12.3 Å². The number of H-pyrrole nitrogens is 1. The molecule has 0 amide bonds. The van der Waals surface area contributed by atoms with Crippen LogP contribution in [0.1, 0.15) is 32.5 Å². The molecule has 1 heterocycles. The minimum Gasteiger partial charge on any atom is -0.380 e. The molecule has 1 atom stereocenters. The van der Waals surface area contributed by atoms with Crippen molar-refractivity contribution in [3.05, 3.63) is 18.0 Å². The molecule has 1 unspecified atom stereocenters. The van der Waals surface area contributed by atoms with Crippen molar-refractivity contribution in [1.82, 2.24) is 15.5 Å². The molecule has 0 radical (unpaired) electrons. The predicted molar refractivity (Wildman–Crippen MR) is 60.7 cm³/mol. The molecule has 0 aromatic carbocycles. The highest BCUT2D eigenvalue weighted by Gasteiger charge is 2.04. The SMILES string of the molecule is CC(C)COCCNC(C)c1ccn[nH]1. The number of nitrogens with one attached hydrogen (secondary N) is 2. The van der Waals surface area contributed by atoms with E-state index < -0.39 is 0 Å². The van der Waals surface area contributed by atoms with Crippen LogP contribution in [-0.2, 0) is 4.74 Å². The summed E-state index contributed by atoms with van der Waals surface area (Å²) in [5.41, 5.74) is 1.11. The van der Waals surface area contributed by atoms with E-state index in [1.807, 2.05) is 6.07 Å². The molecule has 0 bridgehead atoms. The highest BCUT2D eigenvalue weighted by molar-refractivity contribution is 5.02. The van der Waals surface area contributed by atoms with E-state index in [-0.39, 0.29) is 0 Å². The maximum atomic E-state index is 5.47. The summed E-state index contributed by atoms with van der Waals surface area (Å²) < 4.78 is 5.47. The van der Waals surface area contributed by atoms with Gasteiger partial charge in [-0.3, -0.25) is 5.10 Å². The Morgan fingerprint density at radius 3 is 2.87 bits per heavy atom. The molecule has 4 heteroatoms. The highest BCUT2D eigenvalue weighted by atomic mass is 16.5. The molecule has 86 valence electrons. The number of aromatic nitrogens is 2. The van der Waals surface area contributed by atoms with Crippen LogP contribution >= 0.6 is 0 Å². The van der Waals surface area contributed by atoms with Gasteiger partial charge >= 0.3 is 0 Å². The van der Waals surface area contributed by atoms with Crippen molar-refractivity contribution in [2.75, 3.05) is 19.8 Å². The van der Waals surface area contributed by atoms with Crippen molar-refractivity contribution in [2.45, 2.75) is 26.8 Å². The lowest BCUT2D eigenvalue weighted by atomic mass is 10.2. The van der Waals surface area contributed by atoms with Crippen LogP contribution in [0.2, 0.25) is 0 Å². The summed E-state index contributed by atoms with van der Waals surface area (Å²) in [6.45, 7) is 8.88. The number of nitrogens with zero attached hydrogens (tertiary/aromatic N) is 1. The topological polar surface area (TPSA) is 49.9 Å². The molecular formula is C11H21N3O. The van der Waals surface area contributed by atoms with E-state index in [2.05, 4.69) is 36.3 Å². The van der Waals surface area contributed by atoms with Crippen LogP contribution < -0.4 is 5.32 Å². The number of aromatic amines is 1. The fraction of sp³-hybridized carbons (Fsp3) is 0.727. The molecule has 15 heavy (non-hydrogen) atoms. The molecule has 0 spiro atoms. The molecule has 4 nitrogen and oxygen atoms in total. The van der Waals surface area contributed by atoms with Gasteiger partial charge in [0.15, 0.2) is 0 Å². The maximum Gasteiger partial charge on any atom is 0.0591 e. The molecule has 0 fully saturated rings. The van der Waals surface area contributed by atoms with Crippen LogP contribution in [0, 0.1) is 5.92 Å². The zero-order chi connectivity index (χ0) is 11.1. The van der Waals surface area contributed by atoms with Gasteiger partial charge in [0, 0.05) is 25.4 Å². The first-order chi connectivity index (χ1) is 7.20. The van der Waals surface area contributed by atoms with E-state index in [0.717, 1.165) is 25.5 Å². The van der Waals surface area contributed by atoms with Crippen LogP contribution in [0.15, 0.2) is 12.3 Å². The molecule has 0 aliphatic rings. The third-order valence-electron chi connectivity index (χ3n) is 2.14. The molecule has 1 rings (SSSR count). The normalized spacial score (nSPS) is 13.3. The van der Waals surface area contributed by atoms with Crippen molar-refractivity contribution in [3.8, 4) is 0 Å². The third kappa shape index (κ3) is 4.95. The number of ether oxygens (including phenoxy) is 1. The standard InChI is InChI=1S/C11H21N3O/c1-9(2)8-15-7-6-12-10(3)11-4-5-13-14-11/h4-5,9-10,12H,6-8H2,1-3H3,(H,13,14). The molecule has 0 aliphatic heterocycles. The second-order valence-corrected chi connectivity index (χ2v) is 4.16. The van der Waals surface area contributed by atoms with Crippen molar-refractivity contribution < 1.29 is 4.74 Å². The maximum absolute atomic E-state index is 5.47. The lowest BCUT2D eigenvalue weighted by molar-refractivity contribution is 0.110. The molecule has 0 saturated heterocycles. The zero-order valence-electron chi connectivity index (χ0n) is 9.79. The molecule has 1 aromatic heterocycles. The van der Waals surface area contributed by atoms with Crippen molar-refractivity contribution >= 4 is 0 Å². The first-order valence-electron chi connectivity index (χ1n) is 5.50. The monoisotopic (exact) mass is 211 g/mol. The van der Waals surface area contributed by atoms with Gasteiger partial charge in [-0.1, -0.05) is 13.8 Å². The summed E-state index contributed by atoms with van der Waals surface area (Å²) in [5.74, 6) is 0.607. The largest absolute Gasteiger partial charge is 0.380 e. The van der Waals surface area contributed by atoms with E-state index in [1.54, 1.807) is 6.20 Å². The van der Waals surface area contributed by atoms with E-state index in [9.17, 15) is 0 Å². The van der Waals surface area contributed by atoms with E-state index in [1.165, 1.54) is 0 Å². The Hall–Kier alpha value is -0.870. The Balaban J connectivity index is 2.05. The summed E-state index contributed by atoms with van der Waals surface area (Å²) in [7, 11) is 0. The number of rotatable bonds is 7. The first kappa shape index (κ1) is 12.2. The minimum absolute atomic E-state index is 0.301.